The van der Waals surface area contributed by atoms with Crippen LogP contribution in [0.4, 0.5) is 0 Å². The van der Waals surface area contributed by atoms with Gasteiger partial charge >= 0.3 is 0 Å². The molecule has 1 aromatic carbocycles. The van der Waals surface area contributed by atoms with Crippen molar-refractivity contribution < 1.29 is 8.42 Å². The average Bonchev–Trinajstić information content (AvgIpc) is 2.78. The minimum Gasteiger partial charge on any atom is -0.313 e. The maximum absolute atomic E-state index is 12.1. The van der Waals surface area contributed by atoms with Crippen LogP contribution < -0.4 is 10.0 Å². The Morgan fingerprint density at radius 3 is 2.89 bits per heavy atom. The predicted octanol–water partition coefficient (Wildman–Crippen LogP) is 2.13. The Morgan fingerprint density at radius 1 is 1.50 bits per heavy atom. The van der Waals surface area contributed by atoms with Gasteiger partial charge in [-0.3, -0.25) is 0 Å². The van der Waals surface area contributed by atoms with Crippen molar-refractivity contribution in [2.45, 2.75) is 23.8 Å². The molecule has 0 amide bonds. The highest BCUT2D eigenvalue weighted by Crippen LogP contribution is 2.25. The molecule has 0 aromatic heterocycles. The molecule has 0 spiro atoms. The van der Waals surface area contributed by atoms with Gasteiger partial charge in [0.1, 0.15) is 0 Å². The highest BCUT2D eigenvalue weighted by molar-refractivity contribution is 9.10. The van der Waals surface area contributed by atoms with E-state index in [1.54, 1.807) is 12.1 Å². The van der Waals surface area contributed by atoms with Crippen molar-refractivity contribution in [3.63, 3.8) is 0 Å². The fourth-order valence-electron chi connectivity index (χ4n) is 1.91. The molecule has 2 N–H and O–H groups in total. The number of hydrogen-bond donors (Lipinski definition) is 2. The van der Waals surface area contributed by atoms with Crippen LogP contribution in [-0.2, 0) is 10.0 Å². The summed E-state index contributed by atoms with van der Waals surface area (Å²) in [6.45, 7) is 1.37. The summed E-state index contributed by atoms with van der Waals surface area (Å²) in [4.78, 5) is 0.213. The van der Waals surface area contributed by atoms with Crippen molar-refractivity contribution in [1.29, 1.82) is 0 Å². The van der Waals surface area contributed by atoms with Crippen LogP contribution >= 0.6 is 27.5 Å². The third kappa shape index (κ3) is 3.45. The van der Waals surface area contributed by atoms with Crippen molar-refractivity contribution >= 4 is 37.6 Å². The fourth-order valence-corrected chi connectivity index (χ4v) is 4.37. The Labute approximate surface area is 120 Å². The fraction of sp³-hybridized carbons (Fsp3) is 0.455. The van der Waals surface area contributed by atoms with Gasteiger partial charge in [0, 0.05) is 22.1 Å². The standard InChI is InChI=1S/C11H14BrClN2O2S/c12-10-6-8(13)3-4-11(10)18(16,17)15-7-9-2-1-5-14-9/h3-4,6,9,14-15H,1-2,5,7H2. The lowest BCUT2D eigenvalue weighted by Crippen LogP contribution is -2.37. The van der Waals surface area contributed by atoms with Crippen LogP contribution in [0.3, 0.4) is 0 Å². The van der Waals surface area contributed by atoms with Gasteiger partial charge < -0.3 is 5.32 Å². The van der Waals surface area contributed by atoms with Gasteiger partial charge in [-0.2, -0.15) is 0 Å². The Kier molecular flexibility index (Phi) is 4.66. The van der Waals surface area contributed by atoms with Crippen LogP contribution in [0.5, 0.6) is 0 Å². The van der Waals surface area contributed by atoms with Crippen LogP contribution in [0.15, 0.2) is 27.6 Å². The summed E-state index contributed by atoms with van der Waals surface area (Å²) in [6.07, 6.45) is 2.10. The molecule has 1 unspecified atom stereocenters. The van der Waals surface area contributed by atoms with Gasteiger partial charge in [-0.1, -0.05) is 11.6 Å². The zero-order valence-electron chi connectivity index (χ0n) is 9.62. The van der Waals surface area contributed by atoms with Crippen molar-refractivity contribution in [1.82, 2.24) is 10.0 Å². The van der Waals surface area contributed by atoms with Gasteiger partial charge in [-0.05, 0) is 53.5 Å². The molecule has 1 aromatic rings. The van der Waals surface area contributed by atoms with E-state index in [1.165, 1.54) is 6.07 Å². The van der Waals surface area contributed by atoms with E-state index in [0.717, 1.165) is 19.4 Å². The van der Waals surface area contributed by atoms with Gasteiger partial charge in [0.25, 0.3) is 0 Å². The number of hydrogen-bond acceptors (Lipinski definition) is 3. The van der Waals surface area contributed by atoms with E-state index >= 15 is 0 Å². The molecule has 1 saturated heterocycles. The summed E-state index contributed by atoms with van der Waals surface area (Å²) < 4.78 is 27.3. The molecular weight excluding hydrogens is 340 g/mol. The molecule has 1 atom stereocenters. The van der Waals surface area contributed by atoms with E-state index in [2.05, 4.69) is 26.0 Å². The molecular formula is C11H14BrClN2O2S. The molecule has 1 heterocycles. The minimum atomic E-state index is -3.49. The van der Waals surface area contributed by atoms with E-state index in [0.29, 0.717) is 16.0 Å². The van der Waals surface area contributed by atoms with E-state index in [9.17, 15) is 8.42 Å². The quantitative estimate of drug-likeness (QED) is 0.872. The summed E-state index contributed by atoms with van der Waals surface area (Å²) >= 11 is 9.01. The van der Waals surface area contributed by atoms with Gasteiger partial charge in [-0.15, -0.1) is 0 Å². The third-order valence-electron chi connectivity index (χ3n) is 2.87. The summed E-state index contributed by atoms with van der Waals surface area (Å²) in [5.41, 5.74) is 0. The van der Waals surface area contributed by atoms with E-state index in [1.807, 2.05) is 0 Å². The molecule has 7 heteroatoms. The molecule has 0 bridgehead atoms. The van der Waals surface area contributed by atoms with E-state index in [-0.39, 0.29) is 10.9 Å². The highest BCUT2D eigenvalue weighted by atomic mass is 79.9. The Hall–Kier alpha value is -0.140. The largest absolute Gasteiger partial charge is 0.313 e. The lowest BCUT2D eigenvalue weighted by molar-refractivity contribution is 0.551. The van der Waals surface area contributed by atoms with E-state index in [4.69, 9.17) is 11.6 Å². The number of halogens is 2. The predicted molar refractivity (Wildman–Crippen MR) is 75.4 cm³/mol. The first-order valence-electron chi connectivity index (χ1n) is 5.67. The lowest BCUT2D eigenvalue weighted by atomic mass is 10.2. The van der Waals surface area contributed by atoms with E-state index < -0.39 is 10.0 Å². The molecule has 1 fully saturated rings. The van der Waals surface area contributed by atoms with Crippen LogP contribution in [0, 0.1) is 0 Å². The van der Waals surface area contributed by atoms with Crippen LogP contribution in [0.1, 0.15) is 12.8 Å². The second-order valence-corrected chi connectivity index (χ2v) is 7.25. The second-order valence-electron chi connectivity index (χ2n) is 4.22. The highest BCUT2D eigenvalue weighted by Gasteiger charge is 2.21. The summed E-state index contributed by atoms with van der Waals surface area (Å²) in [5.74, 6) is 0. The molecule has 0 radical (unpaired) electrons. The SMILES string of the molecule is O=S(=O)(NCC1CCCN1)c1ccc(Cl)cc1Br. The topological polar surface area (TPSA) is 58.2 Å². The number of sulfonamides is 1. The van der Waals surface area contributed by atoms with Crippen molar-refractivity contribution in [2.24, 2.45) is 0 Å². The Morgan fingerprint density at radius 2 is 2.28 bits per heavy atom. The first-order valence-corrected chi connectivity index (χ1v) is 8.32. The molecule has 0 aliphatic carbocycles. The first-order chi connectivity index (χ1) is 8.49. The minimum absolute atomic E-state index is 0.213. The van der Waals surface area contributed by atoms with Gasteiger partial charge in [-0.25, -0.2) is 13.1 Å². The monoisotopic (exact) mass is 352 g/mol. The zero-order chi connectivity index (χ0) is 13.2. The summed E-state index contributed by atoms with van der Waals surface area (Å²) in [5, 5.41) is 3.74. The molecule has 2 rings (SSSR count). The lowest BCUT2D eigenvalue weighted by Gasteiger charge is -2.13. The molecule has 18 heavy (non-hydrogen) atoms. The Balaban J connectivity index is 2.09. The van der Waals surface area contributed by atoms with Crippen LogP contribution in [0.25, 0.3) is 0 Å². The maximum Gasteiger partial charge on any atom is 0.241 e. The number of rotatable bonds is 4. The summed E-state index contributed by atoms with van der Waals surface area (Å²) in [6, 6.07) is 4.86. The maximum atomic E-state index is 12.1. The van der Waals surface area contributed by atoms with Gasteiger partial charge in [0.2, 0.25) is 10.0 Å². The van der Waals surface area contributed by atoms with Crippen LogP contribution in [0.2, 0.25) is 5.02 Å². The molecule has 0 saturated carbocycles. The van der Waals surface area contributed by atoms with Gasteiger partial charge in [0.15, 0.2) is 0 Å². The number of benzene rings is 1. The first kappa shape index (κ1) is 14.3. The molecule has 100 valence electrons. The normalized spacial score (nSPS) is 20.2. The average molecular weight is 354 g/mol. The Bertz CT molecular complexity index is 530. The van der Waals surface area contributed by atoms with Gasteiger partial charge in [0.05, 0.1) is 4.90 Å². The third-order valence-corrected chi connectivity index (χ3v) is 5.50. The van der Waals surface area contributed by atoms with Crippen molar-refractivity contribution in [2.75, 3.05) is 13.1 Å². The van der Waals surface area contributed by atoms with Crippen molar-refractivity contribution in [3.8, 4) is 0 Å². The number of nitrogens with one attached hydrogen (secondary N) is 2. The molecule has 4 nitrogen and oxygen atoms in total. The van der Waals surface area contributed by atoms with Crippen LogP contribution in [-0.4, -0.2) is 27.5 Å². The molecule has 1 aliphatic rings. The van der Waals surface area contributed by atoms with Crippen molar-refractivity contribution in [3.05, 3.63) is 27.7 Å². The smallest absolute Gasteiger partial charge is 0.241 e. The summed E-state index contributed by atoms with van der Waals surface area (Å²) in [7, 11) is -3.49. The zero-order valence-corrected chi connectivity index (χ0v) is 12.8. The molecule has 1 aliphatic heterocycles. The second kappa shape index (κ2) is 5.88.